The first-order valence-corrected chi connectivity index (χ1v) is 8.02. The van der Waals surface area contributed by atoms with E-state index in [0.717, 1.165) is 8.68 Å². The van der Waals surface area contributed by atoms with Crippen LogP contribution in [0.25, 0.3) is 0 Å². The minimum atomic E-state index is -0.930. The Morgan fingerprint density at radius 2 is 2.26 bits per heavy atom. The zero-order valence-corrected chi connectivity index (χ0v) is 14.0. The Morgan fingerprint density at radius 3 is 2.68 bits per heavy atom. The van der Waals surface area contributed by atoms with Gasteiger partial charge in [-0.15, -0.1) is 11.3 Å². The van der Waals surface area contributed by atoms with Crippen LogP contribution in [-0.2, 0) is 14.3 Å². The van der Waals surface area contributed by atoms with Crippen LogP contribution < -0.4 is 0 Å². The SMILES string of the molecule is COC(=O)C(C)(Sc1sccc1Br)C(C)CC(=O)O. The van der Waals surface area contributed by atoms with E-state index < -0.39 is 16.7 Å². The van der Waals surface area contributed by atoms with E-state index in [1.807, 2.05) is 11.4 Å². The normalized spacial score (nSPS) is 15.6. The second-order valence-electron chi connectivity index (χ2n) is 4.26. The van der Waals surface area contributed by atoms with E-state index in [1.165, 1.54) is 30.2 Å². The Balaban J connectivity index is 3.02. The number of thioether (sulfide) groups is 1. The molecule has 0 spiro atoms. The number of hydrogen-bond acceptors (Lipinski definition) is 5. The van der Waals surface area contributed by atoms with Crippen LogP contribution in [0.2, 0.25) is 0 Å². The molecule has 4 nitrogen and oxygen atoms in total. The highest BCUT2D eigenvalue weighted by molar-refractivity contribution is 9.10. The van der Waals surface area contributed by atoms with Gasteiger partial charge in [-0.2, -0.15) is 0 Å². The van der Waals surface area contributed by atoms with Gasteiger partial charge in [0.2, 0.25) is 0 Å². The van der Waals surface area contributed by atoms with Gasteiger partial charge >= 0.3 is 11.9 Å². The lowest BCUT2D eigenvalue weighted by Gasteiger charge is -2.31. The van der Waals surface area contributed by atoms with E-state index in [1.54, 1.807) is 13.8 Å². The molecule has 0 saturated carbocycles. The first kappa shape index (κ1) is 16.5. The van der Waals surface area contributed by atoms with Crippen molar-refractivity contribution < 1.29 is 19.4 Å². The Labute approximate surface area is 128 Å². The summed E-state index contributed by atoms with van der Waals surface area (Å²) < 4.78 is 5.75. The molecule has 0 radical (unpaired) electrons. The number of halogens is 1. The molecule has 2 atom stereocenters. The zero-order chi connectivity index (χ0) is 14.6. The number of carboxylic acids is 1. The molecule has 2 unspecified atom stereocenters. The highest BCUT2D eigenvalue weighted by Gasteiger charge is 2.42. The number of carbonyl (C=O) groups excluding carboxylic acids is 1. The topological polar surface area (TPSA) is 63.6 Å². The van der Waals surface area contributed by atoms with E-state index in [9.17, 15) is 9.59 Å². The minimum Gasteiger partial charge on any atom is -0.481 e. The van der Waals surface area contributed by atoms with Crippen LogP contribution in [-0.4, -0.2) is 28.9 Å². The van der Waals surface area contributed by atoms with Gasteiger partial charge in [0.05, 0.1) is 11.3 Å². The summed E-state index contributed by atoms with van der Waals surface area (Å²) in [6.07, 6.45) is -0.0818. The van der Waals surface area contributed by atoms with Crippen LogP contribution in [0, 0.1) is 5.92 Å². The molecule has 0 aliphatic rings. The molecule has 1 aromatic heterocycles. The monoisotopic (exact) mass is 366 g/mol. The summed E-state index contributed by atoms with van der Waals surface area (Å²) in [5, 5.41) is 10.8. The average Bonchev–Trinajstić information content (AvgIpc) is 2.72. The number of ether oxygens (including phenoxy) is 1. The molecular formula is C12H15BrO4S2. The number of carboxylic acid groups (broad SMARTS) is 1. The Hall–Kier alpha value is -0.530. The molecule has 106 valence electrons. The third-order valence-electron chi connectivity index (χ3n) is 2.90. The molecule has 0 aliphatic carbocycles. The van der Waals surface area contributed by atoms with E-state index in [2.05, 4.69) is 15.9 Å². The fourth-order valence-corrected chi connectivity index (χ4v) is 4.77. The standard InChI is InChI=1S/C12H15BrO4S2/c1-7(6-9(14)15)12(2,11(16)17-3)19-10-8(13)4-5-18-10/h4-5,7H,6H2,1-3H3,(H,14,15). The van der Waals surface area contributed by atoms with Crippen molar-refractivity contribution >= 4 is 51.0 Å². The summed E-state index contributed by atoms with van der Waals surface area (Å²) in [5.41, 5.74) is 0. The quantitative estimate of drug-likeness (QED) is 0.614. The summed E-state index contributed by atoms with van der Waals surface area (Å²) >= 11 is 6.25. The zero-order valence-electron chi connectivity index (χ0n) is 10.8. The van der Waals surface area contributed by atoms with Crippen LogP contribution >= 0.6 is 39.0 Å². The summed E-state index contributed by atoms with van der Waals surface area (Å²) in [5.74, 6) is -1.68. The number of methoxy groups -OCH3 is 1. The van der Waals surface area contributed by atoms with Gasteiger partial charge in [0.1, 0.15) is 4.75 Å². The fraction of sp³-hybridized carbons (Fsp3) is 0.500. The smallest absolute Gasteiger partial charge is 0.322 e. The lowest BCUT2D eigenvalue weighted by atomic mass is 9.92. The Morgan fingerprint density at radius 1 is 1.63 bits per heavy atom. The molecule has 19 heavy (non-hydrogen) atoms. The van der Waals surface area contributed by atoms with Crippen molar-refractivity contribution in [2.45, 2.75) is 29.2 Å². The summed E-state index contributed by atoms with van der Waals surface area (Å²) in [6, 6.07) is 1.90. The van der Waals surface area contributed by atoms with Gasteiger partial charge in [-0.05, 0) is 40.2 Å². The Kier molecular flexibility index (Phi) is 5.88. The molecule has 0 saturated heterocycles. The van der Waals surface area contributed by atoms with Gasteiger partial charge in [-0.1, -0.05) is 18.7 Å². The lowest BCUT2D eigenvalue weighted by Crippen LogP contribution is -2.40. The van der Waals surface area contributed by atoms with Crippen molar-refractivity contribution in [1.29, 1.82) is 0 Å². The molecule has 7 heteroatoms. The van der Waals surface area contributed by atoms with Crippen LogP contribution in [0.1, 0.15) is 20.3 Å². The number of carbonyl (C=O) groups is 2. The van der Waals surface area contributed by atoms with Crippen molar-refractivity contribution in [3.63, 3.8) is 0 Å². The van der Waals surface area contributed by atoms with Crippen molar-refractivity contribution in [1.82, 2.24) is 0 Å². The number of esters is 1. The van der Waals surface area contributed by atoms with E-state index in [4.69, 9.17) is 9.84 Å². The molecular weight excluding hydrogens is 352 g/mol. The second kappa shape index (κ2) is 6.76. The van der Waals surface area contributed by atoms with Gasteiger partial charge in [0.25, 0.3) is 0 Å². The average molecular weight is 367 g/mol. The molecule has 1 rings (SSSR count). The first-order chi connectivity index (χ1) is 8.81. The lowest BCUT2D eigenvalue weighted by molar-refractivity contribution is -0.145. The van der Waals surface area contributed by atoms with Gasteiger partial charge in [-0.25, -0.2) is 0 Å². The second-order valence-corrected chi connectivity index (χ2v) is 7.74. The third-order valence-corrected chi connectivity index (χ3v) is 6.73. The van der Waals surface area contributed by atoms with Crippen LogP contribution in [0.5, 0.6) is 0 Å². The summed E-state index contributed by atoms with van der Waals surface area (Å²) in [7, 11) is 1.32. The molecule has 1 N–H and O–H groups in total. The predicted molar refractivity (Wildman–Crippen MR) is 79.7 cm³/mol. The number of thiophene rings is 1. The maximum atomic E-state index is 12.0. The van der Waals surface area contributed by atoms with Crippen LogP contribution in [0.15, 0.2) is 20.1 Å². The summed E-state index contributed by atoms with van der Waals surface area (Å²) in [4.78, 5) is 22.9. The summed E-state index contributed by atoms with van der Waals surface area (Å²) in [6.45, 7) is 3.48. The molecule has 0 bridgehead atoms. The van der Waals surface area contributed by atoms with Crippen LogP contribution in [0.3, 0.4) is 0 Å². The van der Waals surface area contributed by atoms with Gasteiger partial charge in [0.15, 0.2) is 0 Å². The molecule has 1 heterocycles. The van der Waals surface area contributed by atoms with E-state index in [-0.39, 0.29) is 12.3 Å². The third kappa shape index (κ3) is 3.97. The number of aliphatic carboxylic acids is 1. The highest BCUT2D eigenvalue weighted by Crippen LogP contribution is 2.45. The molecule has 0 aliphatic heterocycles. The largest absolute Gasteiger partial charge is 0.481 e. The first-order valence-electron chi connectivity index (χ1n) is 5.53. The number of hydrogen-bond donors (Lipinski definition) is 1. The van der Waals surface area contributed by atoms with E-state index in [0.29, 0.717) is 0 Å². The van der Waals surface area contributed by atoms with E-state index >= 15 is 0 Å². The van der Waals surface area contributed by atoms with Gasteiger partial charge in [0, 0.05) is 10.9 Å². The van der Waals surface area contributed by atoms with Crippen molar-refractivity contribution in [3.8, 4) is 0 Å². The van der Waals surface area contributed by atoms with Crippen LogP contribution in [0.4, 0.5) is 0 Å². The molecule has 0 aromatic carbocycles. The van der Waals surface area contributed by atoms with Gasteiger partial charge < -0.3 is 9.84 Å². The maximum absolute atomic E-state index is 12.0. The fourth-order valence-electron chi connectivity index (χ4n) is 1.55. The highest BCUT2D eigenvalue weighted by atomic mass is 79.9. The molecule has 1 aromatic rings. The van der Waals surface area contributed by atoms with Gasteiger partial charge in [-0.3, -0.25) is 9.59 Å². The van der Waals surface area contributed by atoms with Crippen molar-refractivity contribution in [3.05, 3.63) is 15.9 Å². The predicted octanol–water partition coefficient (Wildman–Crippen LogP) is 3.65. The number of rotatable bonds is 6. The Bertz CT molecular complexity index is 474. The van der Waals surface area contributed by atoms with Crippen molar-refractivity contribution in [2.75, 3.05) is 7.11 Å². The maximum Gasteiger partial charge on any atom is 0.322 e. The van der Waals surface area contributed by atoms with Crippen molar-refractivity contribution in [2.24, 2.45) is 5.92 Å². The molecule has 0 fully saturated rings. The molecule has 0 amide bonds. The minimum absolute atomic E-state index is 0.0818.